The molecule has 0 radical (unpaired) electrons. The lowest BCUT2D eigenvalue weighted by Gasteiger charge is -2.19. The first-order valence-corrected chi connectivity index (χ1v) is 6.25. The van der Waals surface area contributed by atoms with Gasteiger partial charge in [-0.15, -0.1) is 0 Å². The lowest BCUT2D eigenvalue weighted by molar-refractivity contribution is -0.385. The first-order chi connectivity index (χ1) is 9.36. The van der Waals surface area contributed by atoms with Crippen molar-refractivity contribution < 1.29 is 9.66 Å². The topological polar surface area (TPSA) is 65.3 Å². The minimum atomic E-state index is -0.491. The zero-order valence-corrected chi connectivity index (χ0v) is 11.7. The monoisotopic (exact) mass is 272 g/mol. The van der Waals surface area contributed by atoms with Gasteiger partial charge in [-0.3, -0.25) is 10.1 Å². The Hall–Kier alpha value is -2.43. The number of aromatic nitrogens is 1. The van der Waals surface area contributed by atoms with Crippen LogP contribution in [0.4, 0.5) is 5.69 Å². The number of benzene rings is 1. The van der Waals surface area contributed by atoms with Crippen LogP contribution in [0, 0.1) is 10.1 Å². The highest BCUT2D eigenvalue weighted by molar-refractivity contribution is 5.35. The van der Waals surface area contributed by atoms with Crippen molar-refractivity contribution in [2.24, 2.45) is 0 Å². The van der Waals surface area contributed by atoms with Crippen LogP contribution in [0.2, 0.25) is 0 Å². The Kier molecular flexibility index (Phi) is 3.70. The molecule has 2 aromatic rings. The van der Waals surface area contributed by atoms with E-state index in [1.54, 1.807) is 0 Å². The summed E-state index contributed by atoms with van der Waals surface area (Å²) in [5.41, 5.74) is 1.24. The Morgan fingerprint density at radius 1 is 1.10 bits per heavy atom. The van der Waals surface area contributed by atoms with E-state index < -0.39 is 4.92 Å². The van der Waals surface area contributed by atoms with Gasteiger partial charge in [0.25, 0.3) is 5.69 Å². The third-order valence-corrected chi connectivity index (χ3v) is 2.87. The third kappa shape index (κ3) is 3.32. The van der Waals surface area contributed by atoms with E-state index in [2.05, 4.69) is 25.8 Å². The lowest BCUT2D eigenvalue weighted by Crippen LogP contribution is -2.10. The van der Waals surface area contributed by atoms with E-state index in [-0.39, 0.29) is 11.1 Å². The van der Waals surface area contributed by atoms with Crippen LogP contribution < -0.4 is 4.74 Å². The second-order valence-electron chi connectivity index (χ2n) is 5.49. The summed E-state index contributed by atoms with van der Waals surface area (Å²) in [4.78, 5) is 13.9. The molecule has 0 unspecified atom stereocenters. The van der Waals surface area contributed by atoms with Crippen molar-refractivity contribution in [3.63, 3.8) is 0 Å². The van der Waals surface area contributed by atoms with E-state index in [9.17, 15) is 10.1 Å². The fourth-order valence-corrected chi connectivity index (χ4v) is 1.68. The van der Waals surface area contributed by atoms with Gasteiger partial charge in [-0.1, -0.05) is 32.9 Å². The molecular formula is C15H16N2O3. The second-order valence-corrected chi connectivity index (χ2v) is 5.49. The molecule has 0 N–H and O–H groups in total. The number of hydrogen-bond acceptors (Lipinski definition) is 4. The summed E-state index contributed by atoms with van der Waals surface area (Å²) in [6.07, 6.45) is 1.18. The molecule has 0 bridgehead atoms. The van der Waals surface area contributed by atoms with Gasteiger partial charge < -0.3 is 4.74 Å². The van der Waals surface area contributed by atoms with Crippen LogP contribution in [-0.2, 0) is 5.41 Å². The molecule has 5 nitrogen and oxygen atoms in total. The molecule has 0 aliphatic carbocycles. The van der Waals surface area contributed by atoms with Gasteiger partial charge >= 0.3 is 0 Å². The van der Waals surface area contributed by atoms with Crippen LogP contribution in [-0.4, -0.2) is 9.91 Å². The molecule has 0 aliphatic rings. The second kappa shape index (κ2) is 5.28. The highest BCUT2D eigenvalue weighted by Gasteiger charge is 2.13. The van der Waals surface area contributed by atoms with Crippen LogP contribution in [0.5, 0.6) is 11.6 Å². The Morgan fingerprint density at radius 3 is 2.20 bits per heavy atom. The van der Waals surface area contributed by atoms with Crippen LogP contribution in [0.3, 0.4) is 0 Å². The number of hydrogen-bond donors (Lipinski definition) is 0. The first-order valence-electron chi connectivity index (χ1n) is 6.25. The molecule has 104 valence electrons. The summed E-state index contributed by atoms with van der Waals surface area (Å²) >= 11 is 0. The Morgan fingerprint density at radius 2 is 1.75 bits per heavy atom. The fourth-order valence-electron chi connectivity index (χ4n) is 1.68. The smallest absolute Gasteiger partial charge is 0.287 e. The van der Waals surface area contributed by atoms with E-state index in [0.29, 0.717) is 11.6 Å². The maximum atomic E-state index is 10.5. The number of ether oxygens (including phenoxy) is 1. The maximum absolute atomic E-state index is 10.5. The molecule has 0 spiro atoms. The molecule has 5 heteroatoms. The Balaban J connectivity index is 2.12. The molecule has 20 heavy (non-hydrogen) atoms. The lowest BCUT2D eigenvalue weighted by atomic mass is 9.87. The van der Waals surface area contributed by atoms with E-state index in [1.807, 2.05) is 24.3 Å². The zero-order valence-electron chi connectivity index (χ0n) is 11.7. The highest BCUT2D eigenvalue weighted by atomic mass is 16.6. The summed E-state index contributed by atoms with van der Waals surface area (Å²) in [7, 11) is 0. The van der Waals surface area contributed by atoms with E-state index >= 15 is 0 Å². The van der Waals surface area contributed by atoms with Gasteiger partial charge in [0.15, 0.2) is 0 Å². The Bertz CT molecular complexity index is 599. The van der Waals surface area contributed by atoms with Gasteiger partial charge in [0.1, 0.15) is 11.9 Å². The van der Waals surface area contributed by atoms with Crippen LogP contribution in [0.15, 0.2) is 42.6 Å². The van der Waals surface area contributed by atoms with Gasteiger partial charge in [-0.05, 0) is 23.1 Å². The van der Waals surface area contributed by atoms with Crippen molar-refractivity contribution in [1.29, 1.82) is 0 Å². The molecule has 0 fully saturated rings. The average molecular weight is 272 g/mol. The minimum Gasteiger partial charge on any atom is -0.439 e. The van der Waals surface area contributed by atoms with Gasteiger partial charge in [0.2, 0.25) is 5.88 Å². The van der Waals surface area contributed by atoms with Crippen molar-refractivity contribution in [3.8, 4) is 11.6 Å². The highest BCUT2D eigenvalue weighted by Crippen LogP contribution is 2.26. The quantitative estimate of drug-likeness (QED) is 0.623. The molecule has 1 heterocycles. The SMILES string of the molecule is CC(C)(C)c1ccc(Oc2ccc([N+](=O)[O-])cn2)cc1. The molecule has 1 aromatic heterocycles. The predicted molar refractivity (Wildman–Crippen MR) is 76.1 cm³/mol. The molecule has 1 aromatic carbocycles. The van der Waals surface area contributed by atoms with Crippen molar-refractivity contribution in [1.82, 2.24) is 4.98 Å². The average Bonchev–Trinajstić information content (AvgIpc) is 2.39. The summed E-state index contributed by atoms with van der Waals surface area (Å²) in [6, 6.07) is 10.6. The zero-order chi connectivity index (χ0) is 14.8. The number of nitrogens with zero attached hydrogens (tertiary/aromatic N) is 2. The van der Waals surface area contributed by atoms with Crippen LogP contribution in [0.25, 0.3) is 0 Å². The minimum absolute atomic E-state index is 0.0552. The van der Waals surface area contributed by atoms with Crippen molar-refractivity contribution >= 4 is 5.69 Å². The van der Waals surface area contributed by atoms with Crippen molar-refractivity contribution in [2.45, 2.75) is 26.2 Å². The molecule has 0 atom stereocenters. The summed E-state index contributed by atoms with van der Waals surface area (Å²) < 4.78 is 5.55. The van der Waals surface area contributed by atoms with Crippen LogP contribution in [0.1, 0.15) is 26.3 Å². The van der Waals surface area contributed by atoms with Crippen LogP contribution >= 0.6 is 0 Å². The summed E-state index contributed by atoms with van der Waals surface area (Å²) in [5.74, 6) is 0.985. The molecule has 0 saturated heterocycles. The largest absolute Gasteiger partial charge is 0.439 e. The number of nitro groups is 1. The van der Waals surface area contributed by atoms with Gasteiger partial charge in [0.05, 0.1) is 4.92 Å². The van der Waals surface area contributed by atoms with Gasteiger partial charge in [-0.25, -0.2) is 4.98 Å². The van der Waals surface area contributed by atoms with E-state index in [1.165, 1.54) is 23.9 Å². The molecule has 0 amide bonds. The summed E-state index contributed by atoms with van der Waals surface area (Å²) in [5, 5.41) is 10.5. The standard InChI is InChI=1S/C15H16N2O3/c1-15(2,3)11-4-7-13(8-5-11)20-14-9-6-12(10-16-14)17(18)19/h4-10H,1-3H3. The maximum Gasteiger partial charge on any atom is 0.287 e. The third-order valence-electron chi connectivity index (χ3n) is 2.87. The van der Waals surface area contributed by atoms with Gasteiger partial charge in [-0.2, -0.15) is 0 Å². The van der Waals surface area contributed by atoms with E-state index in [0.717, 1.165) is 0 Å². The van der Waals surface area contributed by atoms with E-state index in [4.69, 9.17) is 4.74 Å². The Labute approximate surface area is 117 Å². The first kappa shape index (κ1) is 14.0. The number of pyridine rings is 1. The normalized spacial score (nSPS) is 11.2. The molecular weight excluding hydrogens is 256 g/mol. The van der Waals surface area contributed by atoms with Crippen molar-refractivity contribution in [2.75, 3.05) is 0 Å². The van der Waals surface area contributed by atoms with Gasteiger partial charge in [0, 0.05) is 12.1 Å². The molecule has 2 rings (SSSR count). The number of rotatable bonds is 3. The summed E-state index contributed by atoms with van der Waals surface area (Å²) in [6.45, 7) is 6.42. The molecule has 0 aliphatic heterocycles. The fraction of sp³-hybridized carbons (Fsp3) is 0.267. The van der Waals surface area contributed by atoms with Crippen molar-refractivity contribution in [3.05, 3.63) is 58.3 Å². The predicted octanol–water partition coefficient (Wildman–Crippen LogP) is 4.08. The molecule has 0 saturated carbocycles.